The molecule has 0 aliphatic heterocycles. The number of hydrogen-bond donors (Lipinski definition) is 1. The molecule has 33 heavy (non-hydrogen) atoms. The Bertz CT molecular complexity index is 1820. The molecule has 1 aromatic heterocycles. The average Bonchev–Trinajstić information content (AvgIpc) is 2.93. The fraction of sp³-hybridized carbons (Fsp3) is 0.269. The van der Waals surface area contributed by atoms with Gasteiger partial charge in [0.15, 0.2) is 5.78 Å². The number of hydrogen-bond acceptors (Lipinski definition) is 6. The van der Waals surface area contributed by atoms with Crippen LogP contribution in [-0.2, 0) is 11.2 Å². The van der Waals surface area contributed by atoms with E-state index in [4.69, 9.17) is 23.9 Å². The fourth-order valence-corrected chi connectivity index (χ4v) is 2.83. The smallest absolute Gasteiger partial charge is 0.159 e. The van der Waals surface area contributed by atoms with Gasteiger partial charge in [-0.1, -0.05) is 6.08 Å². The number of pyridine rings is 1. The summed E-state index contributed by atoms with van der Waals surface area (Å²) < 4.78 is 130. The van der Waals surface area contributed by atoms with E-state index in [-0.39, 0.29) is 27.2 Å². The molecule has 0 bridgehead atoms. The van der Waals surface area contributed by atoms with E-state index in [0.717, 1.165) is 13.1 Å². The number of nitrogens with zero attached hydrogens (tertiary/aromatic N) is 3. The van der Waals surface area contributed by atoms with Gasteiger partial charge in [0, 0.05) is 52.7 Å². The molecule has 1 heterocycles. The molecule has 0 saturated heterocycles. The number of nitriles is 1. The molecule has 0 spiro atoms. The summed E-state index contributed by atoms with van der Waals surface area (Å²) >= 11 is 0. The zero-order valence-electron chi connectivity index (χ0n) is 31.6. The van der Waals surface area contributed by atoms with E-state index < -0.39 is 91.6 Å². The topological polar surface area (TPSA) is 78.2 Å². The Morgan fingerprint density at radius 1 is 1.52 bits per heavy atom. The fourth-order valence-electron chi connectivity index (χ4n) is 2.83. The number of anilines is 2. The number of likely N-dealkylation sites (N-methyl/N-ethyl adjacent to an activating group) is 1. The number of rotatable bonds is 9. The van der Waals surface area contributed by atoms with Gasteiger partial charge >= 0.3 is 0 Å². The number of nitrogens with one attached hydrogen (secondary N) is 1. The lowest BCUT2D eigenvalue weighted by Crippen LogP contribution is -2.11. The summed E-state index contributed by atoms with van der Waals surface area (Å²) in [4.78, 5) is 17.4. The van der Waals surface area contributed by atoms with Crippen LogP contribution in [0.25, 0.3) is 10.9 Å². The number of aromatic nitrogens is 1. The molecule has 0 amide bonds. The highest BCUT2D eigenvalue weighted by Crippen LogP contribution is 2.34. The third-order valence-corrected chi connectivity index (χ3v) is 4.32. The standard InChI is InChI=1S/C26H27FN4O2/c1-5-33-25-14-24-22(13-18(25)12-21(32)7-6-10-31(3)4)26(19(15-28)16-29-24)30-20-8-9-23(27)17(2)11-20/h6-9,11,13-14,16H,5,10,12H2,1-4H3,(H,29,30)/b7-6+/i1D3,3D3,5D2,7D,10D2,13D,14D,16D. The van der Waals surface area contributed by atoms with Crippen molar-refractivity contribution < 1.29 is 33.1 Å². The van der Waals surface area contributed by atoms with Crippen LogP contribution in [0, 0.1) is 24.1 Å². The van der Waals surface area contributed by atoms with Crippen molar-refractivity contribution in [2.75, 3.05) is 32.4 Å². The second kappa shape index (κ2) is 10.7. The van der Waals surface area contributed by atoms with Crippen molar-refractivity contribution in [2.45, 2.75) is 20.2 Å². The third-order valence-electron chi connectivity index (χ3n) is 4.32. The van der Waals surface area contributed by atoms with Crippen LogP contribution in [0.5, 0.6) is 5.75 Å². The van der Waals surface area contributed by atoms with Gasteiger partial charge in [0.1, 0.15) is 17.6 Å². The molecule has 0 aliphatic rings. The number of carbonyl (C=O) groups is 1. The molecule has 0 fully saturated rings. The maximum Gasteiger partial charge on any atom is 0.159 e. The Labute approximate surface area is 213 Å². The van der Waals surface area contributed by atoms with Gasteiger partial charge in [-0.05, 0) is 63.7 Å². The van der Waals surface area contributed by atoms with Crippen molar-refractivity contribution in [3.05, 3.63) is 71.1 Å². The summed E-state index contributed by atoms with van der Waals surface area (Å²) in [5, 5.41) is 12.3. The summed E-state index contributed by atoms with van der Waals surface area (Å²) in [5.41, 5.74) is -1.58. The van der Waals surface area contributed by atoms with Gasteiger partial charge in [0.25, 0.3) is 0 Å². The van der Waals surface area contributed by atoms with Gasteiger partial charge in [0.05, 0.1) is 31.6 Å². The van der Waals surface area contributed by atoms with Crippen molar-refractivity contribution in [1.82, 2.24) is 9.88 Å². The van der Waals surface area contributed by atoms with Crippen LogP contribution in [0.2, 0.25) is 0 Å². The van der Waals surface area contributed by atoms with Crippen LogP contribution in [-0.4, -0.2) is 42.7 Å². The predicted octanol–water partition coefficient (Wildman–Crippen LogP) is 4.93. The summed E-state index contributed by atoms with van der Waals surface area (Å²) in [6, 6.07) is 2.73. The molecule has 1 N–H and O–H groups in total. The zero-order valence-corrected chi connectivity index (χ0v) is 17.6. The summed E-state index contributed by atoms with van der Waals surface area (Å²) in [5.74, 6) is -2.80. The predicted molar refractivity (Wildman–Crippen MR) is 128 cm³/mol. The van der Waals surface area contributed by atoms with Crippen LogP contribution in [0.4, 0.5) is 15.8 Å². The largest absolute Gasteiger partial charge is 0.494 e. The van der Waals surface area contributed by atoms with Crippen LogP contribution in [0.3, 0.4) is 0 Å². The highest BCUT2D eigenvalue weighted by molar-refractivity contribution is 5.98. The number of carbonyl (C=O) groups excluding carboxylic acids is 1. The van der Waals surface area contributed by atoms with Gasteiger partial charge < -0.3 is 15.0 Å². The highest BCUT2D eigenvalue weighted by Gasteiger charge is 2.16. The van der Waals surface area contributed by atoms with Crippen LogP contribution >= 0.6 is 0 Å². The molecule has 0 atom stereocenters. The van der Waals surface area contributed by atoms with Crippen molar-refractivity contribution >= 4 is 28.1 Å². The second-order valence-electron chi connectivity index (χ2n) is 6.74. The minimum Gasteiger partial charge on any atom is -0.494 e. The third kappa shape index (κ3) is 5.93. The Kier molecular flexibility index (Phi) is 3.70. The molecule has 6 nitrogen and oxygen atoms in total. The van der Waals surface area contributed by atoms with Crippen molar-refractivity contribution in [1.29, 1.82) is 5.26 Å². The van der Waals surface area contributed by atoms with E-state index in [1.165, 1.54) is 19.1 Å². The Hall–Kier alpha value is -3.76. The molecule has 0 unspecified atom stereocenters. The number of benzene rings is 2. The first kappa shape index (κ1) is 11.4. The van der Waals surface area contributed by atoms with Crippen LogP contribution < -0.4 is 10.1 Å². The number of allylic oxidation sites excluding steroid dienone is 1. The summed E-state index contributed by atoms with van der Waals surface area (Å²) in [6.07, 6.45) is -1.41. The first-order valence-electron chi connectivity index (χ1n) is 16.4. The molecule has 7 heteroatoms. The first-order valence-corrected chi connectivity index (χ1v) is 9.39. The zero-order chi connectivity index (χ0) is 36.0. The van der Waals surface area contributed by atoms with E-state index in [0.29, 0.717) is 6.08 Å². The Balaban J connectivity index is 2.38. The van der Waals surface area contributed by atoms with Crippen LogP contribution in [0.15, 0.2) is 48.6 Å². The highest BCUT2D eigenvalue weighted by atomic mass is 19.1. The number of fused-ring (bicyclic) bond motifs is 1. The maximum absolute atomic E-state index is 14.0. The van der Waals surface area contributed by atoms with Crippen molar-refractivity contribution in [2.24, 2.45) is 0 Å². The van der Waals surface area contributed by atoms with Gasteiger partial charge in [0.2, 0.25) is 0 Å². The minimum absolute atomic E-state index is 0.173. The molecule has 170 valence electrons. The maximum atomic E-state index is 14.0. The molecule has 2 aromatic carbocycles. The van der Waals surface area contributed by atoms with E-state index in [1.54, 1.807) is 6.07 Å². The van der Waals surface area contributed by atoms with Gasteiger partial charge in [-0.25, -0.2) is 4.39 Å². The van der Waals surface area contributed by atoms with E-state index in [1.807, 2.05) is 0 Å². The van der Waals surface area contributed by atoms with E-state index in [2.05, 4.69) is 10.3 Å². The van der Waals surface area contributed by atoms with E-state index in [9.17, 15) is 14.4 Å². The lowest BCUT2D eigenvalue weighted by molar-refractivity contribution is -0.114. The lowest BCUT2D eigenvalue weighted by Gasteiger charge is -2.15. The average molecular weight is 461 g/mol. The molecule has 3 aromatic rings. The normalized spacial score (nSPS) is 19.3. The number of ether oxygens (including phenoxy) is 1. The molecule has 0 aliphatic carbocycles. The Morgan fingerprint density at radius 2 is 2.36 bits per heavy atom. The lowest BCUT2D eigenvalue weighted by atomic mass is 10.0. The second-order valence-corrected chi connectivity index (χ2v) is 6.74. The summed E-state index contributed by atoms with van der Waals surface area (Å²) in [6.45, 7) is -11.3. The number of aryl methyl sites for hydroxylation is 1. The van der Waals surface area contributed by atoms with E-state index >= 15 is 0 Å². The molecular formula is C26H27FN4O2. The minimum atomic E-state index is -3.51. The first-order chi connectivity index (χ1) is 21.3. The monoisotopic (exact) mass is 460 g/mol. The molecule has 0 radical (unpaired) electrons. The Morgan fingerprint density at radius 3 is 3.09 bits per heavy atom. The molecule has 0 saturated carbocycles. The number of ketones is 1. The van der Waals surface area contributed by atoms with Gasteiger partial charge in [-0.15, -0.1) is 0 Å². The number of halogens is 1. The SMILES string of the molecule is [2H]/C(=C\C([2H])([2H])N(C)C([2H])([2H])[2H])C(=O)Cc1c(OC([2H])([2H])C([2H])([2H])[2H])c([2H])c2nc([2H])c(C#N)c(Nc3ccc(F)c(C)c3)c2c1[2H]. The molecule has 3 rings (SSSR count). The van der Waals surface area contributed by atoms with Crippen molar-refractivity contribution in [3.63, 3.8) is 0 Å². The van der Waals surface area contributed by atoms with Gasteiger partial charge in [-0.3, -0.25) is 9.78 Å². The quantitative estimate of drug-likeness (QED) is 0.457. The molecular weight excluding hydrogens is 419 g/mol. The van der Waals surface area contributed by atoms with Crippen LogP contribution in [0.1, 0.15) is 42.7 Å². The van der Waals surface area contributed by atoms with Gasteiger partial charge in [-0.2, -0.15) is 5.26 Å². The van der Waals surface area contributed by atoms with Crippen molar-refractivity contribution in [3.8, 4) is 11.8 Å². The summed E-state index contributed by atoms with van der Waals surface area (Å²) in [7, 11) is 0.888.